The molecule has 2 amide bonds. The van der Waals surface area contributed by atoms with Crippen LogP contribution in [0.2, 0.25) is 0 Å². The van der Waals surface area contributed by atoms with Crippen molar-refractivity contribution in [3.05, 3.63) is 29.8 Å². The molecule has 0 spiro atoms. The zero-order valence-electron chi connectivity index (χ0n) is 11.2. The maximum atomic E-state index is 12.1. The van der Waals surface area contributed by atoms with Crippen LogP contribution in [0.3, 0.4) is 0 Å². The third kappa shape index (κ3) is 3.05. The molecule has 0 fully saturated rings. The number of nitrogens with one attached hydrogen (secondary N) is 3. The highest BCUT2D eigenvalue weighted by molar-refractivity contribution is 5.92. The molecule has 19 heavy (non-hydrogen) atoms. The summed E-state index contributed by atoms with van der Waals surface area (Å²) < 4.78 is 0. The minimum atomic E-state index is -0.516. The molecule has 0 aliphatic carbocycles. The molecule has 0 saturated heterocycles. The van der Waals surface area contributed by atoms with Gasteiger partial charge in [-0.1, -0.05) is 18.2 Å². The third-order valence-electron chi connectivity index (χ3n) is 3.19. The number of rotatable bonds is 4. The van der Waals surface area contributed by atoms with Crippen LogP contribution < -0.4 is 16.0 Å². The van der Waals surface area contributed by atoms with Gasteiger partial charge < -0.3 is 16.0 Å². The molecule has 0 aromatic heterocycles. The number of benzene rings is 1. The van der Waals surface area contributed by atoms with Crippen molar-refractivity contribution in [2.24, 2.45) is 0 Å². The SMILES string of the molecule is CCNC(=O)C(C)NC(=O)[C@@H]1Cc2ccccc2N1. The number of anilines is 1. The summed E-state index contributed by atoms with van der Waals surface area (Å²) in [6, 6.07) is 7.03. The lowest BCUT2D eigenvalue weighted by molar-refractivity contribution is -0.128. The van der Waals surface area contributed by atoms with Gasteiger partial charge in [-0.15, -0.1) is 0 Å². The van der Waals surface area contributed by atoms with Crippen molar-refractivity contribution in [2.75, 3.05) is 11.9 Å². The molecule has 1 aromatic carbocycles. The molecule has 1 unspecified atom stereocenters. The lowest BCUT2D eigenvalue weighted by Crippen LogP contribution is -2.49. The van der Waals surface area contributed by atoms with Gasteiger partial charge in [-0.2, -0.15) is 0 Å². The molecule has 2 rings (SSSR count). The maximum absolute atomic E-state index is 12.1. The zero-order valence-corrected chi connectivity index (χ0v) is 11.2. The molecule has 3 N–H and O–H groups in total. The Morgan fingerprint density at radius 1 is 1.42 bits per heavy atom. The van der Waals surface area contributed by atoms with Crippen molar-refractivity contribution in [1.29, 1.82) is 0 Å². The van der Waals surface area contributed by atoms with E-state index < -0.39 is 6.04 Å². The van der Waals surface area contributed by atoms with Gasteiger partial charge >= 0.3 is 0 Å². The number of fused-ring (bicyclic) bond motifs is 1. The highest BCUT2D eigenvalue weighted by Crippen LogP contribution is 2.25. The van der Waals surface area contributed by atoms with E-state index in [2.05, 4.69) is 16.0 Å². The number of carbonyl (C=O) groups excluding carboxylic acids is 2. The van der Waals surface area contributed by atoms with Crippen LogP contribution in [0.1, 0.15) is 19.4 Å². The monoisotopic (exact) mass is 261 g/mol. The van der Waals surface area contributed by atoms with Gasteiger partial charge in [0.2, 0.25) is 11.8 Å². The second-order valence-electron chi connectivity index (χ2n) is 4.68. The molecule has 5 nitrogen and oxygen atoms in total. The Hall–Kier alpha value is -2.04. The number of hydrogen-bond donors (Lipinski definition) is 3. The topological polar surface area (TPSA) is 70.2 Å². The van der Waals surface area contributed by atoms with E-state index in [4.69, 9.17) is 0 Å². The van der Waals surface area contributed by atoms with Crippen LogP contribution >= 0.6 is 0 Å². The molecule has 1 aliphatic heterocycles. The number of hydrogen-bond acceptors (Lipinski definition) is 3. The fraction of sp³-hybridized carbons (Fsp3) is 0.429. The largest absolute Gasteiger partial charge is 0.373 e. The minimum absolute atomic E-state index is 0.144. The average Bonchev–Trinajstić information content (AvgIpc) is 2.82. The molecule has 1 heterocycles. The fourth-order valence-electron chi connectivity index (χ4n) is 2.16. The van der Waals surface area contributed by atoms with Crippen LogP contribution in [-0.2, 0) is 16.0 Å². The molecule has 0 saturated carbocycles. The van der Waals surface area contributed by atoms with E-state index >= 15 is 0 Å². The first-order chi connectivity index (χ1) is 9.11. The highest BCUT2D eigenvalue weighted by atomic mass is 16.2. The summed E-state index contributed by atoms with van der Waals surface area (Å²) in [5.74, 6) is -0.304. The van der Waals surface area contributed by atoms with Crippen LogP contribution in [-0.4, -0.2) is 30.4 Å². The van der Waals surface area contributed by atoms with Gasteiger partial charge in [0, 0.05) is 18.7 Å². The van der Waals surface area contributed by atoms with Gasteiger partial charge in [0.1, 0.15) is 12.1 Å². The number of likely N-dealkylation sites (N-methyl/N-ethyl adjacent to an activating group) is 1. The second-order valence-corrected chi connectivity index (χ2v) is 4.68. The first-order valence-electron chi connectivity index (χ1n) is 6.54. The number of amides is 2. The number of carbonyl (C=O) groups is 2. The Bertz CT molecular complexity index is 462. The van der Waals surface area contributed by atoms with Crippen molar-refractivity contribution < 1.29 is 9.59 Å². The molecule has 0 radical (unpaired) electrons. The van der Waals surface area contributed by atoms with Gasteiger partial charge in [0.15, 0.2) is 0 Å². The Morgan fingerprint density at radius 3 is 2.84 bits per heavy atom. The summed E-state index contributed by atoms with van der Waals surface area (Å²) in [6.07, 6.45) is 0.657. The first kappa shape index (κ1) is 13.4. The summed E-state index contributed by atoms with van der Waals surface area (Å²) in [6.45, 7) is 4.10. The van der Waals surface area contributed by atoms with Gasteiger partial charge in [-0.25, -0.2) is 0 Å². The van der Waals surface area contributed by atoms with E-state index in [9.17, 15) is 9.59 Å². The minimum Gasteiger partial charge on any atom is -0.373 e. The smallest absolute Gasteiger partial charge is 0.243 e. The molecular formula is C14H19N3O2. The van der Waals surface area contributed by atoms with Crippen molar-refractivity contribution in [3.63, 3.8) is 0 Å². The van der Waals surface area contributed by atoms with E-state index in [1.807, 2.05) is 31.2 Å². The summed E-state index contributed by atoms with van der Waals surface area (Å²) in [5, 5.41) is 8.58. The molecular weight excluding hydrogens is 242 g/mol. The molecule has 0 bridgehead atoms. The van der Waals surface area contributed by atoms with Crippen LogP contribution in [0, 0.1) is 0 Å². The first-order valence-corrected chi connectivity index (χ1v) is 6.54. The molecule has 1 aliphatic rings. The Morgan fingerprint density at radius 2 is 2.16 bits per heavy atom. The van der Waals surface area contributed by atoms with Crippen LogP contribution in [0.15, 0.2) is 24.3 Å². The van der Waals surface area contributed by atoms with Crippen LogP contribution in [0.25, 0.3) is 0 Å². The standard InChI is InChI=1S/C14H19N3O2/c1-3-15-13(18)9(2)16-14(19)12-8-10-6-4-5-7-11(10)17-12/h4-7,9,12,17H,3,8H2,1-2H3,(H,15,18)(H,16,19)/t9?,12-/m0/s1. The van der Waals surface area contributed by atoms with E-state index in [-0.39, 0.29) is 17.9 Å². The predicted octanol–water partition coefficient (Wildman–Crippen LogP) is 0.664. The van der Waals surface area contributed by atoms with Crippen molar-refractivity contribution in [1.82, 2.24) is 10.6 Å². The van der Waals surface area contributed by atoms with Gasteiger partial charge in [0.05, 0.1) is 0 Å². The normalized spacial score (nSPS) is 18.1. The van der Waals surface area contributed by atoms with Gasteiger partial charge in [-0.05, 0) is 25.5 Å². The predicted molar refractivity (Wildman–Crippen MR) is 73.8 cm³/mol. The lowest BCUT2D eigenvalue weighted by Gasteiger charge is -2.17. The summed E-state index contributed by atoms with van der Waals surface area (Å²) in [4.78, 5) is 23.6. The summed E-state index contributed by atoms with van der Waals surface area (Å²) in [7, 11) is 0. The van der Waals surface area contributed by atoms with Crippen LogP contribution in [0.5, 0.6) is 0 Å². The lowest BCUT2D eigenvalue weighted by atomic mass is 10.1. The summed E-state index contributed by atoms with van der Waals surface area (Å²) in [5.41, 5.74) is 2.13. The second kappa shape index (κ2) is 5.73. The average molecular weight is 261 g/mol. The summed E-state index contributed by atoms with van der Waals surface area (Å²) >= 11 is 0. The van der Waals surface area contributed by atoms with Crippen molar-refractivity contribution in [3.8, 4) is 0 Å². The van der Waals surface area contributed by atoms with Crippen molar-refractivity contribution in [2.45, 2.75) is 32.4 Å². The highest BCUT2D eigenvalue weighted by Gasteiger charge is 2.28. The third-order valence-corrected chi connectivity index (χ3v) is 3.19. The Kier molecular flexibility index (Phi) is 4.04. The molecule has 5 heteroatoms. The maximum Gasteiger partial charge on any atom is 0.243 e. The van der Waals surface area contributed by atoms with Gasteiger partial charge in [-0.3, -0.25) is 9.59 Å². The van der Waals surface area contributed by atoms with E-state index in [1.54, 1.807) is 6.92 Å². The number of para-hydroxylation sites is 1. The quantitative estimate of drug-likeness (QED) is 0.746. The Balaban J connectivity index is 1.91. The van der Waals surface area contributed by atoms with Gasteiger partial charge in [0.25, 0.3) is 0 Å². The molecule has 102 valence electrons. The molecule has 2 atom stereocenters. The van der Waals surface area contributed by atoms with Crippen LogP contribution in [0.4, 0.5) is 5.69 Å². The van der Waals surface area contributed by atoms with E-state index in [1.165, 1.54) is 0 Å². The zero-order chi connectivity index (χ0) is 13.8. The molecule has 1 aromatic rings. The van der Waals surface area contributed by atoms with Crippen molar-refractivity contribution >= 4 is 17.5 Å². The van der Waals surface area contributed by atoms with E-state index in [0.29, 0.717) is 13.0 Å². The Labute approximate surface area is 112 Å². The fourth-order valence-corrected chi connectivity index (χ4v) is 2.16. The van der Waals surface area contributed by atoms with E-state index in [0.717, 1.165) is 11.3 Å².